The van der Waals surface area contributed by atoms with Crippen molar-refractivity contribution in [2.75, 3.05) is 9.80 Å². The first kappa shape index (κ1) is 47.9. The fraction of sp³-hybridized carbons (Fsp3) is 0.373. The van der Waals surface area contributed by atoms with E-state index < -0.39 is 0 Å². The van der Waals surface area contributed by atoms with E-state index in [9.17, 15) is 0 Å². The number of fused-ring (bicyclic) bond motifs is 6. The number of nitrogens with zero attached hydrogens (tertiary/aromatic N) is 2. The Morgan fingerprint density at radius 3 is 1.80 bits per heavy atom. The van der Waals surface area contributed by atoms with Gasteiger partial charge in [-0.25, -0.2) is 0 Å². The van der Waals surface area contributed by atoms with E-state index in [2.05, 4.69) is 240 Å². The van der Waals surface area contributed by atoms with Crippen LogP contribution in [-0.2, 0) is 28.1 Å². The van der Waals surface area contributed by atoms with E-state index in [4.69, 9.17) is 0 Å². The molecule has 2 aliphatic heterocycles. The molecule has 1 atom stereocenters. The molecule has 0 fully saturated rings. The van der Waals surface area contributed by atoms with Crippen LogP contribution >= 0.6 is 0 Å². The fourth-order valence-electron chi connectivity index (χ4n) is 12.6. The van der Waals surface area contributed by atoms with Gasteiger partial charge in [-0.05, 0) is 164 Å². The predicted molar refractivity (Wildman–Crippen MR) is 305 cm³/mol. The first-order chi connectivity index (χ1) is 33.3. The van der Waals surface area contributed by atoms with Crippen molar-refractivity contribution in [3.63, 3.8) is 0 Å². The quantitative estimate of drug-likeness (QED) is 0.126. The van der Waals surface area contributed by atoms with E-state index in [0.717, 1.165) is 12.8 Å². The number of hydrogen-bond donors (Lipinski definition) is 0. The molecule has 0 saturated carbocycles. The summed E-state index contributed by atoms with van der Waals surface area (Å²) in [7, 11) is 0. The topological polar surface area (TPSA) is 6.48 Å². The molecule has 3 heteroatoms. The van der Waals surface area contributed by atoms with Crippen molar-refractivity contribution in [1.29, 1.82) is 0 Å². The molecule has 2 nitrogen and oxygen atoms in total. The van der Waals surface area contributed by atoms with Crippen molar-refractivity contribution < 1.29 is 0 Å². The first-order valence-electron chi connectivity index (χ1n) is 26.8. The number of aryl methyl sites for hydroxylation is 2. The normalized spacial score (nSPS) is 15.7. The Hall–Kier alpha value is -5.80. The minimum absolute atomic E-state index is 0.0146. The lowest BCUT2D eigenvalue weighted by Crippen LogP contribution is -2.62. The summed E-state index contributed by atoms with van der Waals surface area (Å²) in [6.07, 6.45) is 6.98. The van der Waals surface area contributed by atoms with E-state index in [-0.39, 0.29) is 28.4 Å². The molecule has 358 valence electrons. The van der Waals surface area contributed by atoms with Gasteiger partial charge in [0.15, 0.2) is 0 Å². The van der Waals surface area contributed by atoms with Gasteiger partial charge in [0.1, 0.15) is 0 Å². The summed E-state index contributed by atoms with van der Waals surface area (Å²) in [5, 5.41) is 0. The fourth-order valence-corrected chi connectivity index (χ4v) is 12.6. The van der Waals surface area contributed by atoms with Gasteiger partial charge in [0.2, 0.25) is 0 Å². The van der Waals surface area contributed by atoms with Gasteiger partial charge in [-0.3, -0.25) is 0 Å². The second-order valence-electron chi connectivity index (χ2n) is 24.4. The van der Waals surface area contributed by atoms with Crippen molar-refractivity contribution >= 4 is 57.2 Å². The van der Waals surface area contributed by atoms with Gasteiger partial charge >= 0.3 is 0 Å². The summed E-state index contributed by atoms with van der Waals surface area (Å²) < 4.78 is 0. The average Bonchev–Trinajstić information content (AvgIpc) is 3.33. The maximum atomic E-state index is 2.67. The van der Waals surface area contributed by atoms with Crippen LogP contribution in [-0.4, -0.2) is 6.71 Å². The summed E-state index contributed by atoms with van der Waals surface area (Å²) in [6.45, 7) is 33.1. The molecule has 0 amide bonds. The lowest BCUT2D eigenvalue weighted by atomic mass is 9.33. The SMILES string of the molecule is CCCCc1ccc(N2c3cc4c(cc3B3c5cc(C(C)(C)C)ccc5N(c5ccc(C(CC)CCC)cc5-c5ccc(C(C)(C)C)cc5)c5cccc2c53)C(C)(C)c2cc(C)ccc2C4(C)C)cc1. The average molecular weight is 921 g/mol. The van der Waals surface area contributed by atoms with E-state index in [0.29, 0.717) is 5.92 Å². The molecule has 7 aromatic carbocycles. The van der Waals surface area contributed by atoms with Crippen molar-refractivity contribution in [2.45, 2.75) is 163 Å². The van der Waals surface area contributed by atoms with Crippen LogP contribution in [0.1, 0.15) is 178 Å². The minimum Gasteiger partial charge on any atom is -0.311 e. The van der Waals surface area contributed by atoms with Crippen LogP contribution in [0, 0.1) is 6.92 Å². The summed E-state index contributed by atoms with van der Waals surface area (Å²) >= 11 is 0. The molecule has 10 rings (SSSR count). The maximum absolute atomic E-state index is 2.67. The summed E-state index contributed by atoms with van der Waals surface area (Å²) in [6, 6.07) is 53.6. The highest BCUT2D eigenvalue weighted by molar-refractivity contribution is 7.00. The molecule has 0 radical (unpaired) electrons. The van der Waals surface area contributed by atoms with E-state index >= 15 is 0 Å². The minimum atomic E-state index is -0.198. The first-order valence-corrected chi connectivity index (χ1v) is 26.8. The van der Waals surface area contributed by atoms with Crippen LogP contribution in [0.4, 0.5) is 34.1 Å². The van der Waals surface area contributed by atoms with Crippen LogP contribution in [0.5, 0.6) is 0 Å². The molecule has 0 bridgehead atoms. The molecule has 70 heavy (non-hydrogen) atoms. The van der Waals surface area contributed by atoms with Gasteiger partial charge in [-0.2, -0.15) is 0 Å². The Kier molecular flexibility index (Phi) is 12.0. The molecule has 1 aliphatic carbocycles. The monoisotopic (exact) mass is 921 g/mol. The van der Waals surface area contributed by atoms with Crippen LogP contribution in [0.15, 0.2) is 133 Å². The number of rotatable bonds is 10. The molecule has 0 aromatic heterocycles. The Labute approximate surface area is 422 Å². The Morgan fingerprint density at radius 2 is 1.14 bits per heavy atom. The van der Waals surface area contributed by atoms with Crippen molar-refractivity contribution in [3.05, 3.63) is 184 Å². The largest absolute Gasteiger partial charge is 0.311 e. The zero-order valence-electron chi connectivity index (χ0n) is 45.0. The van der Waals surface area contributed by atoms with Gasteiger partial charge < -0.3 is 9.80 Å². The Bertz CT molecular complexity index is 3120. The van der Waals surface area contributed by atoms with Gasteiger partial charge in [0.05, 0.1) is 5.69 Å². The Balaban J connectivity index is 1.28. The number of benzene rings is 7. The standard InChI is InChI=1S/C67H77BN2/c1-15-18-21-44-25-33-50(34-26-44)69-60-22-19-23-61-63(60)68(57-41-54-55(42-62(57)69)66(11,12)52-35-24-43(4)38-53(52)67(54,13)14)56-40-49(65(8,9)10)32-37-59(56)70(61)58-36-29-47(45(17-3)20-16-2)39-51(58)46-27-30-48(31-28-46)64(5,6)7/h19,22-42,45H,15-18,20-21H2,1-14H3. The summed E-state index contributed by atoms with van der Waals surface area (Å²) in [5.41, 5.74) is 26.5. The van der Waals surface area contributed by atoms with Gasteiger partial charge in [0, 0.05) is 44.8 Å². The van der Waals surface area contributed by atoms with Crippen molar-refractivity contribution in [1.82, 2.24) is 0 Å². The number of unbranched alkanes of at least 4 members (excludes halogenated alkanes) is 1. The predicted octanol–water partition coefficient (Wildman–Crippen LogP) is 16.9. The second-order valence-corrected chi connectivity index (χ2v) is 24.4. The highest BCUT2D eigenvalue weighted by atomic mass is 15.2. The van der Waals surface area contributed by atoms with Crippen LogP contribution in [0.25, 0.3) is 11.1 Å². The van der Waals surface area contributed by atoms with Crippen molar-refractivity contribution in [2.24, 2.45) is 0 Å². The van der Waals surface area contributed by atoms with E-state index in [1.165, 1.54) is 137 Å². The highest BCUT2D eigenvalue weighted by Gasteiger charge is 2.48. The molecule has 3 aliphatic rings. The molecule has 0 spiro atoms. The lowest BCUT2D eigenvalue weighted by Gasteiger charge is -2.48. The third-order valence-electron chi connectivity index (χ3n) is 16.8. The molecule has 7 aromatic rings. The molecule has 0 N–H and O–H groups in total. The summed E-state index contributed by atoms with van der Waals surface area (Å²) in [4.78, 5) is 5.28. The molecule has 1 unspecified atom stereocenters. The molecular formula is C67H77BN2. The number of hydrogen-bond acceptors (Lipinski definition) is 2. The van der Waals surface area contributed by atoms with Gasteiger partial charge in [-0.1, -0.05) is 193 Å². The van der Waals surface area contributed by atoms with Gasteiger partial charge in [0.25, 0.3) is 6.71 Å². The third-order valence-corrected chi connectivity index (χ3v) is 16.8. The highest BCUT2D eigenvalue weighted by Crippen LogP contribution is 2.53. The molecule has 2 heterocycles. The molecule has 0 saturated heterocycles. The summed E-state index contributed by atoms with van der Waals surface area (Å²) in [5.74, 6) is 0.512. The van der Waals surface area contributed by atoms with Crippen LogP contribution in [0.3, 0.4) is 0 Å². The third kappa shape index (κ3) is 7.86. The van der Waals surface area contributed by atoms with Gasteiger partial charge in [-0.15, -0.1) is 0 Å². The van der Waals surface area contributed by atoms with E-state index in [1.807, 2.05) is 0 Å². The van der Waals surface area contributed by atoms with Crippen LogP contribution < -0.4 is 26.2 Å². The van der Waals surface area contributed by atoms with E-state index in [1.54, 1.807) is 0 Å². The molecular weight excluding hydrogens is 844 g/mol. The Morgan fingerprint density at radius 1 is 0.529 bits per heavy atom. The second kappa shape index (κ2) is 17.5. The lowest BCUT2D eigenvalue weighted by molar-refractivity contribution is 0.520. The van der Waals surface area contributed by atoms with Crippen molar-refractivity contribution in [3.8, 4) is 11.1 Å². The van der Waals surface area contributed by atoms with Crippen LogP contribution in [0.2, 0.25) is 0 Å². The maximum Gasteiger partial charge on any atom is 0.252 e. The smallest absolute Gasteiger partial charge is 0.252 e. The zero-order valence-corrected chi connectivity index (χ0v) is 45.0. The zero-order chi connectivity index (χ0) is 49.7. The number of anilines is 6.